The molecule has 0 spiro atoms. The van der Waals surface area contributed by atoms with Gasteiger partial charge in [0.05, 0.1) is 6.04 Å². The van der Waals surface area contributed by atoms with Crippen LogP contribution < -0.4 is 5.32 Å². The van der Waals surface area contributed by atoms with Crippen molar-refractivity contribution in [1.29, 1.82) is 5.26 Å². The summed E-state index contributed by atoms with van der Waals surface area (Å²) in [6, 6.07) is 21.0. The first-order valence-electron chi connectivity index (χ1n) is 7.07. The second kappa shape index (κ2) is 6.67. The number of anilines is 1. The molecule has 1 aromatic heterocycles. The van der Waals surface area contributed by atoms with Crippen LogP contribution in [0.1, 0.15) is 22.9 Å². The fraction of sp³-hybridized carbons (Fsp3) is 0.0556. The van der Waals surface area contributed by atoms with Crippen molar-refractivity contribution in [1.82, 2.24) is 10.2 Å². The normalized spacial score (nSPS) is 11.5. The molecule has 0 bridgehead atoms. The number of nitrogens with zero attached hydrogens (tertiary/aromatic N) is 3. The summed E-state index contributed by atoms with van der Waals surface area (Å²) in [4.78, 5) is 0. The van der Waals surface area contributed by atoms with Crippen molar-refractivity contribution in [2.45, 2.75) is 6.04 Å². The maximum atomic E-state index is 13.6. The van der Waals surface area contributed by atoms with E-state index in [1.54, 1.807) is 18.2 Å². The molecule has 3 aromatic rings. The summed E-state index contributed by atoms with van der Waals surface area (Å²) >= 11 is 0. The smallest absolute Gasteiger partial charge is 0.163 e. The number of nitriles is 1. The SMILES string of the molecule is N#Cc1ccc(NC(c2ccccc2)c2cccc(F)c2)nn1. The van der Waals surface area contributed by atoms with Gasteiger partial charge in [-0.15, -0.1) is 10.2 Å². The third-order valence-electron chi connectivity index (χ3n) is 3.39. The minimum Gasteiger partial charge on any atom is -0.358 e. The Hall–Kier alpha value is -3.26. The molecule has 1 unspecified atom stereocenters. The van der Waals surface area contributed by atoms with Crippen LogP contribution >= 0.6 is 0 Å². The highest BCUT2D eigenvalue weighted by atomic mass is 19.1. The van der Waals surface area contributed by atoms with Crippen LogP contribution in [0.2, 0.25) is 0 Å². The minimum absolute atomic E-state index is 0.248. The van der Waals surface area contributed by atoms with Crippen molar-refractivity contribution in [2.24, 2.45) is 0 Å². The molecule has 2 aromatic carbocycles. The highest BCUT2D eigenvalue weighted by molar-refractivity contribution is 5.44. The van der Waals surface area contributed by atoms with Gasteiger partial charge in [-0.1, -0.05) is 42.5 Å². The van der Waals surface area contributed by atoms with E-state index in [9.17, 15) is 4.39 Å². The maximum Gasteiger partial charge on any atom is 0.163 e. The van der Waals surface area contributed by atoms with Crippen LogP contribution in [0.5, 0.6) is 0 Å². The molecular formula is C18H13FN4. The predicted octanol–water partition coefficient (Wildman–Crippen LogP) is 3.69. The lowest BCUT2D eigenvalue weighted by Crippen LogP contribution is -2.14. The van der Waals surface area contributed by atoms with E-state index in [1.165, 1.54) is 12.1 Å². The lowest BCUT2D eigenvalue weighted by Gasteiger charge is -2.20. The number of nitrogens with one attached hydrogen (secondary N) is 1. The van der Waals surface area contributed by atoms with Crippen LogP contribution in [0.4, 0.5) is 10.2 Å². The van der Waals surface area contributed by atoms with E-state index in [4.69, 9.17) is 5.26 Å². The molecule has 0 fully saturated rings. The Morgan fingerprint density at radius 2 is 1.70 bits per heavy atom. The van der Waals surface area contributed by atoms with Crippen molar-refractivity contribution in [3.05, 3.63) is 89.4 Å². The van der Waals surface area contributed by atoms with E-state index in [-0.39, 0.29) is 17.6 Å². The molecule has 23 heavy (non-hydrogen) atoms. The van der Waals surface area contributed by atoms with Crippen molar-refractivity contribution in [2.75, 3.05) is 5.32 Å². The molecule has 1 heterocycles. The molecule has 112 valence electrons. The average molecular weight is 304 g/mol. The number of hydrogen-bond acceptors (Lipinski definition) is 4. The van der Waals surface area contributed by atoms with E-state index in [1.807, 2.05) is 42.5 Å². The largest absolute Gasteiger partial charge is 0.358 e. The molecule has 3 rings (SSSR count). The molecule has 5 heteroatoms. The predicted molar refractivity (Wildman–Crippen MR) is 85.1 cm³/mol. The quantitative estimate of drug-likeness (QED) is 0.798. The van der Waals surface area contributed by atoms with Gasteiger partial charge in [0.1, 0.15) is 17.7 Å². The zero-order valence-corrected chi connectivity index (χ0v) is 12.1. The van der Waals surface area contributed by atoms with E-state index in [0.717, 1.165) is 11.1 Å². The zero-order valence-electron chi connectivity index (χ0n) is 12.1. The van der Waals surface area contributed by atoms with Gasteiger partial charge in [-0.05, 0) is 35.4 Å². The van der Waals surface area contributed by atoms with E-state index in [2.05, 4.69) is 15.5 Å². The standard InChI is InChI=1S/C18H13FN4/c19-15-8-4-7-14(11-15)18(13-5-2-1-3-6-13)21-17-10-9-16(12-20)22-23-17/h1-11,18H,(H,21,23). The Morgan fingerprint density at radius 3 is 2.35 bits per heavy atom. The summed E-state index contributed by atoms with van der Waals surface area (Å²) in [6.07, 6.45) is 0. The summed E-state index contributed by atoms with van der Waals surface area (Å²) in [7, 11) is 0. The van der Waals surface area contributed by atoms with Crippen LogP contribution in [0.25, 0.3) is 0 Å². The molecule has 4 nitrogen and oxygen atoms in total. The molecule has 1 atom stereocenters. The number of rotatable bonds is 4. The van der Waals surface area contributed by atoms with Crippen LogP contribution in [0.15, 0.2) is 66.7 Å². The van der Waals surface area contributed by atoms with Crippen molar-refractivity contribution >= 4 is 5.82 Å². The summed E-state index contributed by atoms with van der Waals surface area (Å²) in [6.45, 7) is 0. The second-order valence-corrected chi connectivity index (χ2v) is 4.96. The summed E-state index contributed by atoms with van der Waals surface area (Å²) in [5.74, 6) is 0.221. The van der Waals surface area contributed by atoms with Crippen LogP contribution in [0.3, 0.4) is 0 Å². The topological polar surface area (TPSA) is 61.6 Å². The van der Waals surface area contributed by atoms with Gasteiger partial charge in [-0.3, -0.25) is 0 Å². The van der Waals surface area contributed by atoms with Crippen LogP contribution in [-0.4, -0.2) is 10.2 Å². The Labute approximate surface area is 133 Å². The number of halogens is 1. The molecule has 0 aliphatic heterocycles. The van der Waals surface area contributed by atoms with Gasteiger partial charge in [-0.2, -0.15) is 5.26 Å². The van der Waals surface area contributed by atoms with Crippen LogP contribution in [-0.2, 0) is 0 Å². The van der Waals surface area contributed by atoms with Crippen molar-refractivity contribution in [3.63, 3.8) is 0 Å². The third kappa shape index (κ3) is 3.50. The van der Waals surface area contributed by atoms with Gasteiger partial charge in [0.25, 0.3) is 0 Å². The van der Waals surface area contributed by atoms with Gasteiger partial charge in [0, 0.05) is 0 Å². The number of hydrogen-bond donors (Lipinski definition) is 1. The Balaban J connectivity index is 1.96. The first-order chi connectivity index (χ1) is 11.3. The molecule has 0 saturated carbocycles. The minimum atomic E-state index is -0.295. The number of benzene rings is 2. The summed E-state index contributed by atoms with van der Waals surface area (Å²) < 4.78 is 13.6. The fourth-order valence-electron chi connectivity index (χ4n) is 2.31. The first-order valence-corrected chi connectivity index (χ1v) is 7.07. The molecular weight excluding hydrogens is 291 g/mol. The third-order valence-corrected chi connectivity index (χ3v) is 3.39. The lowest BCUT2D eigenvalue weighted by molar-refractivity contribution is 0.624. The highest BCUT2D eigenvalue weighted by Gasteiger charge is 2.15. The van der Waals surface area contributed by atoms with Gasteiger partial charge in [0.2, 0.25) is 0 Å². The van der Waals surface area contributed by atoms with Gasteiger partial charge in [0.15, 0.2) is 5.69 Å². The first kappa shape index (κ1) is 14.7. The maximum absolute atomic E-state index is 13.6. The fourth-order valence-corrected chi connectivity index (χ4v) is 2.31. The molecule has 0 aliphatic carbocycles. The second-order valence-electron chi connectivity index (χ2n) is 4.96. The van der Waals surface area contributed by atoms with Crippen molar-refractivity contribution < 1.29 is 4.39 Å². The van der Waals surface area contributed by atoms with E-state index < -0.39 is 0 Å². The van der Waals surface area contributed by atoms with Crippen molar-refractivity contribution in [3.8, 4) is 6.07 Å². The zero-order chi connectivity index (χ0) is 16.1. The van der Waals surface area contributed by atoms with Gasteiger partial charge >= 0.3 is 0 Å². The Kier molecular flexibility index (Phi) is 4.25. The molecule has 0 aliphatic rings. The molecule has 0 amide bonds. The summed E-state index contributed by atoms with van der Waals surface area (Å²) in [5, 5.41) is 19.8. The van der Waals surface area contributed by atoms with Crippen LogP contribution in [0, 0.1) is 17.1 Å². The lowest BCUT2D eigenvalue weighted by atomic mass is 9.98. The monoisotopic (exact) mass is 304 g/mol. The van der Waals surface area contributed by atoms with E-state index in [0.29, 0.717) is 5.82 Å². The van der Waals surface area contributed by atoms with Gasteiger partial charge in [-0.25, -0.2) is 4.39 Å². The Morgan fingerprint density at radius 1 is 0.913 bits per heavy atom. The molecule has 1 N–H and O–H groups in total. The number of aromatic nitrogens is 2. The summed E-state index contributed by atoms with van der Waals surface area (Å²) in [5.41, 5.74) is 2.00. The van der Waals surface area contributed by atoms with Gasteiger partial charge < -0.3 is 5.32 Å². The Bertz CT molecular complexity index is 826. The average Bonchev–Trinajstić information content (AvgIpc) is 2.61. The highest BCUT2D eigenvalue weighted by Crippen LogP contribution is 2.26. The van der Waals surface area contributed by atoms with E-state index >= 15 is 0 Å². The molecule has 0 radical (unpaired) electrons. The molecule has 0 saturated heterocycles.